The number of aromatic nitrogens is 2. The quantitative estimate of drug-likeness (QED) is 0.130. The van der Waals surface area contributed by atoms with Gasteiger partial charge in [0.15, 0.2) is 0 Å². The molecule has 1 aliphatic rings. The third kappa shape index (κ3) is 13.9. The van der Waals surface area contributed by atoms with Gasteiger partial charge in [0.25, 0.3) is 0 Å². The fraction of sp³-hybridized carbons (Fsp3) is 0.516. The van der Waals surface area contributed by atoms with Crippen molar-refractivity contribution in [3.63, 3.8) is 0 Å². The highest BCUT2D eigenvalue weighted by Gasteiger charge is 2.28. The van der Waals surface area contributed by atoms with Gasteiger partial charge in [-0.1, -0.05) is 74.1 Å². The van der Waals surface area contributed by atoms with Crippen LogP contribution in [-0.4, -0.2) is 28.2 Å². The van der Waals surface area contributed by atoms with Gasteiger partial charge in [-0.15, -0.1) is 0 Å². The monoisotopic (exact) mass is 523 g/mol. The molecule has 0 amide bonds. The molecule has 0 unspecified atom stereocenters. The number of nitrogens with zero attached hydrogens (tertiary/aromatic N) is 2. The van der Waals surface area contributed by atoms with E-state index in [0.29, 0.717) is 12.8 Å². The van der Waals surface area contributed by atoms with Gasteiger partial charge in [0, 0.05) is 12.6 Å². The van der Waals surface area contributed by atoms with Crippen LogP contribution in [-0.2, 0) is 14.3 Å². The fourth-order valence-corrected chi connectivity index (χ4v) is 3.99. The summed E-state index contributed by atoms with van der Waals surface area (Å²) >= 11 is 0. The predicted octanol–water partition coefficient (Wildman–Crippen LogP) is 6.75. The number of hydrogen-bond acceptors (Lipinski definition) is 6. The van der Waals surface area contributed by atoms with Gasteiger partial charge in [0.2, 0.25) is 0 Å². The summed E-state index contributed by atoms with van der Waals surface area (Å²) in [5.41, 5.74) is 5.09. The van der Waals surface area contributed by atoms with E-state index in [1.807, 2.05) is 0 Å². The standard InChI is InChI=1S/C31H45N3O4/c1-2-3-4-5-6-7-8-9-10-11-12-13-14-15-16-17-18-19-20-21-30(35)37-26-27-22-23-29(38-27)34-25-24-28(32)33-31(34)36/h3-4,6-7,9-10,12-13,15-16,24-25,27,29H,2,5,8,11,14,17-23,26H2,1H3,(H2,32,33,36)/b4-3-,7-6-,10-9-,13-12-,16-15-/t27-,29-/m0/s1. The van der Waals surface area contributed by atoms with Crippen molar-refractivity contribution in [1.82, 2.24) is 9.55 Å². The Morgan fingerprint density at radius 2 is 1.61 bits per heavy atom. The van der Waals surface area contributed by atoms with Crippen LogP contribution in [0.3, 0.4) is 0 Å². The lowest BCUT2D eigenvalue weighted by atomic mass is 10.1. The molecule has 7 heteroatoms. The molecule has 0 aliphatic carbocycles. The molecule has 0 bridgehead atoms. The molecule has 2 N–H and O–H groups in total. The maximum atomic E-state index is 12.0. The van der Waals surface area contributed by atoms with Crippen LogP contribution in [0.15, 0.2) is 77.8 Å². The molecule has 1 saturated heterocycles. The number of ether oxygens (including phenoxy) is 2. The molecule has 0 spiro atoms. The van der Waals surface area contributed by atoms with Gasteiger partial charge in [0.05, 0.1) is 6.10 Å². The zero-order chi connectivity index (χ0) is 27.3. The van der Waals surface area contributed by atoms with Crippen LogP contribution in [0.4, 0.5) is 5.82 Å². The Labute approximate surface area is 227 Å². The molecule has 1 aromatic rings. The van der Waals surface area contributed by atoms with E-state index in [2.05, 4.69) is 72.7 Å². The van der Waals surface area contributed by atoms with E-state index in [9.17, 15) is 9.59 Å². The number of hydrogen-bond donors (Lipinski definition) is 1. The summed E-state index contributed by atoms with van der Waals surface area (Å²) in [6, 6.07) is 1.57. The van der Waals surface area contributed by atoms with E-state index in [1.54, 1.807) is 12.3 Å². The molecule has 2 rings (SSSR count). The molecule has 1 fully saturated rings. The smallest absolute Gasteiger partial charge is 0.351 e. The summed E-state index contributed by atoms with van der Waals surface area (Å²) in [4.78, 5) is 27.7. The summed E-state index contributed by atoms with van der Waals surface area (Å²) in [6.45, 7) is 2.36. The first kappa shape index (κ1) is 31.0. The first-order valence-electron chi connectivity index (χ1n) is 14.0. The molecule has 1 aliphatic heterocycles. The molecule has 7 nitrogen and oxygen atoms in total. The van der Waals surface area contributed by atoms with Crippen molar-refractivity contribution in [3.05, 3.63) is 83.5 Å². The molecule has 2 atom stereocenters. The van der Waals surface area contributed by atoms with Crippen molar-refractivity contribution in [2.45, 2.75) is 96.3 Å². The Morgan fingerprint density at radius 1 is 0.974 bits per heavy atom. The van der Waals surface area contributed by atoms with Crippen LogP contribution >= 0.6 is 0 Å². The number of anilines is 1. The first-order valence-corrected chi connectivity index (χ1v) is 14.0. The second-order valence-corrected chi connectivity index (χ2v) is 9.32. The molecule has 1 aromatic heterocycles. The van der Waals surface area contributed by atoms with Gasteiger partial charge in [-0.25, -0.2) is 4.79 Å². The number of allylic oxidation sites excluding steroid dienone is 10. The highest BCUT2D eigenvalue weighted by Crippen LogP contribution is 2.27. The number of nitrogens with two attached hydrogens (primary N) is 1. The Kier molecular flexibility index (Phi) is 16.2. The third-order valence-corrected chi connectivity index (χ3v) is 6.09. The van der Waals surface area contributed by atoms with Crippen LogP contribution in [0, 0.1) is 0 Å². The van der Waals surface area contributed by atoms with Crippen LogP contribution in [0.5, 0.6) is 0 Å². The number of carbonyl (C=O) groups is 1. The number of carbonyl (C=O) groups excluding carboxylic acids is 1. The van der Waals surface area contributed by atoms with Crippen molar-refractivity contribution >= 4 is 11.8 Å². The minimum absolute atomic E-state index is 0.188. The van der Waals surface area contributed by atoms with E-state index in [4.69, 9.17) is 15.2 Å². The SMILES string of the molecule is CC/C=C\C/C=C\C/C=C\C/C=C\C/C=C\CCCCCC(=O)OC[C@@H]1CC[C@@H](n2ccc(N)nc2=O)O1. The first-order chi connectivity index (χ1) is 18.6. The Morgan fingerprint density at radius 3 is 2.24 bits per heavy atom. The molecule has 38 heavy (non-hydrogen) atoms. The van der Waals surface area contributed by atoms with E-state index in [-0.39, 0.29) is 24.5 Å². The van der Waals surface area contributed by atoms with E-state index < -0.39 is 11.9 Å². The highest BCUT2D eigenvalue weighted by molar-refractivity contribution is 5.69. The largest absolute Gasteiger partial charge is 0.463 e. The average Bonchev–Trinajstić information content (AvgIpc) is 3.37. The van der Waals surface area contributed by atoms with Crippen LogP contribution in [0.2, 0.25) is 0 Å². The molecule has 0 radical (unpaired) electrons. The maximum absolute atomic E-state index is 12.0. The molecular weight excluding hydrogens is 478 g/mol. The van der Waals surface area contributed by atoms with Gasteiger partial charge >= 0.3 is 11.7 Å². The molecule has 0 aromatic carbocycles. The number of rotatable bonds is 18. The minimum atomic E-state index is -0.433. The van der Waals surface area contributed by atoms with E-state index >= 15 is 0 Å². The van der Waals surface area contributed by atoms with Crippen LogP contribution in [0.1, 0.15) is 90.2 Å². The number of nitrogen functional groups attached to an aromatic ring is 1. The third-order valence-electron chi connectivity index (χ3n) is 6.09. The zero-order valence-electron chi connectivity index (χ0n) is 22.9. The lowest BCUT2D eigenvalue weighted by Crippen LogP contribution is -2.28. The van der Waals surface area contributed by atoms with E-state index in [0.717, 1.165) is 64.2 Å². The molecule has 208 valence electrons. The summed E-state index contributed by atoms with van der Waals surface area (Å²) in [7, 11) is 0. The minimum Gasteiger partial charge on any atom is -0.463 e. The van der Waals surface area contributed by atoms with Gasteiger partial charge in [-0.3, -0.25) is 9.36 Å². The van der Waals surface area contributed by atoms with Crippen molar-refractivity contribution in [2.75, 3.05) is 12.3 Å². The second-order valence-electron chi connectivity index (χ2n) is 9.32. The summed E-state index contributed by atoms with van der Waals surface area (Å²) in [5, 5.41) is 0. The van der Waals surface area contributed by atoms with Gasteiger partial charge < -0.3 is 15.2 Å². The maximum Gasteiger partial charge on any atom is 0.351 e. The normalized spacial score (nSPS) is 18.2. The lowest BCUT2D eigenvalue weighted by Gasteiger charge is -2.15. The Balaban J connectivity index is 1.42. The second kappa shape index (κ2) is 19.9. The fourth-order valence-electron chi connectivity index (χ4n) is 3.99. The van der Waals surface area contributed by atoms with Gasteiger partial charge in [-0.2, -0.15) is 4.98 Å². The van der Waals surface area contributed by atoms with Crippen LogP contribution in [0.25, 0.3) is 0 Å². The topological polar surface area (TPSA) is 96.4 Å². The van der Waals surface area contributed by atoms with Gasteiger partial charge in [-0.05, 0) is 70.3 Å². The number of esters is 1. The van der Waals surface area contributed by atoms with Gasteiger partial charge in [0.1, 0.15) is 18.7 Å². The van der Waals surface area contributed by atoms with Crippen molar-refractivity contribution in [3.8, 4) is 0 Å². The summed E-state index contributed by atoms with van der Waals surface area (Å²) in [5.74, 6) is -0.00849. The lowest BCUT2D eigenvalue weighted by molar-refractivity contribution is -0.148. The molecule has 2 heterocycles. The number of unbranched alkanes of at least 4 members (excludes halogenated alkanes) is 3. The van der Waals surface area contributed by atoms with Crippen molar-refractivity contribution in [2.24, 2.45) is 0 Å². The zero-order valence-corrected chi connectivity index (χ0v) is 22.9. The molecule has 0 saturated carbocycles. The van der Waals surface area contributed by atoms with Crippen LogP contribution < -0.4 is 11.4 Å². The van der Waals surface area contributed by atoms with Crippen molar-refractivity contribution < 1.29 is 14.3 Å². The predicted molar refractivity (Wildman–Crippen MR) is 155 cm³/mol. The Bertz CT molecular complexity index is 1010. The van der Waals surface area contributed by atoms with Crippen molar-refractivity contribution in [1.29, 1.82) is 0 Å². The van der Waals surface area contributed by atoms with E-state index in [1.165, 1.54) is 4.57 Å². The Hall–Kier alpha value is -3.19. The molecular formula is C31H45N3O4. The highest BCUT2D eigenvalue weighted by atomic mass is 16.6. The summed E-state index contributed by atoms with van der Waals surface area (Å²) in [6.07, 6.45) is 33.8. The summed E-state index contributed by atoms with van der Waals surface area (Å²) < 4.78 is 12.7. The average molecular weight is 524 g/mol.